The van der Waals surface area contributed by atoms with Gasteiger partial charge in [-0.05, 0) is 43.5 Å². The van der Waals surface area contributed by atoms with Gasteiger partial charge in [-0.3, -0.25) is 9.59 Å². The highest BCUT2D eigenvalue weighted by Gasteiger charge is 2.18. The number of nitrogens with one attached hydrogen (secondary N) is 1. The van der Waals surface area contributed by atoms with E-state index in [4.69, 9.17) is 4.74 Å². The molecule has 126 valence electrons. The van der Waals surface area contributed by atoms with Crippen molar-refractivity contribution in [1.29, 1.82) is 0 Å². The minimum atomic E-state index is -0.839. The lowest BCUT2D eigenvalue weighted by molar-refractivity contribution is -0.152. The SMILES string of the molecule is CCc1ccc(NC(=O)[C@@H](C)OC(=O)Cc2ccc(C)cc2)cc1. The molecule has 0 aliphatic carbocycles. The van der Waals surface area contributed by atoms with Gasteiger partial charge in [0.15, 0.2) is 6.10 Å². The summed E-state index contributed by atoms with van der Waals surface area (Å²) in [5, 5.41) is 2.75. The van der Waals surface area contributed by atoms with Gasteiger partial charge < -0.3 is 10.1 Å². The van der Waals surface area contributed by atoms with Crippen LogP contribution in [0, 0.1) is 6.92 Å². The van der Waals surface area contributed by atoms with E-state index >= 15 is 0 Å². The van der Waals surface area contributed by atoms with E-state index in [0.29, 0.717) is 5.69 Å². The Hall–Kier alpha value is -2.62. The van der Waals surface area contributed by atoms with Crippen LogP contribution in [0.2, 0.25) is 0 Å². The molecule has 4 nitrogen and oxygen atoms in total. The smallest absolute Gasteiger partial charge is 0.311 e. The van der Waals surface area contributed by atoms with E-state index < -0.39 is 12.1 Å². The largest absolute Gasteiger partial charge is 0.452 e. The first-order chi connectivity index (χ1) is 11.5. The predicted octanol–water partition coefficient (Wildman–Crippen LogP) is 3.67. The van der Waals surface area contributed by atoms with E-state index in [2.05, 4.69) is 12.2 Å². The lowest BCUT2D eigenvalue weighted by atomic mass is 10.1. The monoisotopic (exact) mass is 325 g/mol. The van der Waals surface area contributed by atoms with Gasteiger partial charge in [0.2, 0.25) is 0 Å². The van der Waals surface area contributed by atoms with Gasteiger partial charge in [0, 0.05) is 5.69 Å². The maximum absolute atomic E-state index is 12.1. The van der Waals surface area contributed by atoms with Crippen LogP contribution in [0.25, 0.3) is 0 Å². The number of aryl methyl sites for hydroxylation is 2. The maximum atomic E-state index is 12.1. The molecule has 0 aliphatic rings. The van der Waals surface area contributed by atoms with Crippen molar-refractivity contribution in [3.63, 3.8) is 0 Å². The summed E-state index contributed by atoms with van der Waals surface area (Å²) < 4.78 is 5.21. The van der Waals surface area contributed by atoms with Crippen molar-refractivity contribution in [1.82, 2.24) is 0 Å². The van der Waals surface area contributed by atoms with Gasteiger partial charge in [0.05, 0.1) is 6.42 Å². The van der Waals surface area contributed by atoms with E-state index in [0.717, 1.165) is 17.5 Å². The molecule has 0 unspecified atom stereocenters. The summed E-state index contributed by atoms with van der Waals surface area (Å²) in [6, 6.07) is 15.3. The molecule has 0 aromatic heterocycles. The van der Waals surface area contributed by atoms with Gasteiger partial charge in [-0.25, -0.2) is 0 Å². The molecule has 2 rings (SSSR count). The van der Waals surface area contributed by atoms with Crippen molar-refractivity contribution in [2.24, 2.45) is 0 Å². The van der Waals surface area contributed by atoms with Crippen molar-refractivity contribution in [2.75, 3.05) is 5.32 Å². The summed E-state index contributed by atoms with van der Waals surface area (Å²) in [6.45, 7) is 5.63. The van der Waals surface area contributed by atoms with E-state index in [-0.39, 0.29) is 12.3 Å². The minimum Gasteiger partial charge on any atom is -0.452 e. The maximum Gasteiger partial charge on any atom is 0.311 e. The van der Waals surface area contributed by atoms with Crippen molar-refractivity contribution in [2.45, 2.75) is 39.7 Å². The molecule has 0 spiro atoms. The molecule has 0 fully saturated rings. The van der Waals surface area contributed by atoms with Crippen molar-refractivity contribution in [3.8, 4) is 0 Å². The fraction of sp³-hybridized carbons (Fsp3) is 0.300. The number of carbonyl (C=O) groups is 2. The van der Waals surface area contributed by atoms with E-state index in [1.807, 2.05) is 55.5 Å². The minimum absolute atomic E-state index is 0.156. The summed E-state index contributed by atoms with van der Waals surface area (Å²) in [5.41, 5.74) is 3.89. The average molecular weight is 325 g/mol. The van der Waals surface area contributed by atoms with Gasteiger partial charge >= 0.3 is 5.97 Å². The molecule has 0 aliphatic heterocycles. The van der Waals surface area contributed by atoms with Crippen molar-refractivity contribution >= 4 is 17.6 Å². The first-order valence-corrected chi connectivity index (χ1v) is 8.12. The zero-order chi connectivity index (χ0) is 17.5. The Kier molecular flexibility index (Phi) is 6.13. The topological polar surface area (TPSA) is 55.4 Å². The zero-order valence-corrected chi connectivity index (χ0v) is 14.3. The molecule has 0 saturated heterocycles. The Labute approximate surface area is 142 Å². The van der Waals surface area contributed by atoms with Crippen LogP contribution in [0.5, 0.6) is 0 Å². The Morgan fingerprint density at radius 1 is 1.00 bits per heavy atom. The molecule has 1 atom stereocenters. The van der Waals surface area contributed by atoms with Crippen LogP contribution in [0.1, 0.15) is 30.5 Å². The molecule has 0 bridgehead atoms. The number of ether oxygens (including phenoxy) is 1. The Morgan fingerprint density at radius 2 is 1.58 bits per heavy atom. The number of benzene rings is 2. The predicted molar refractivity (Wildman–Crippen MR) is 94.9 cm³/mol. The van der Waals surface area contributed by atoms with Crippen LogP contribution in [0.15, 0.2) is 48.5 Å². The molecule has 0 heterocycles. The molecule has 0 saturated carbocycles. The lowest BCUT2D eigenvalue weighted by Gasteiger charge is -2.14. The molecule has 1 amide bonds. The number of anilines is 1. The van der Waals surface area contributed by atoms with Crippen LogP contribution < -0.4 is 5.32 Å². The molecule has 2 aromatic carbocycles. The van der Waals surface area contributed by atoms with Crippen LogP contribution in [-0.2, 0) is 27.2 Å². The first kappa shape index (κ1) is 17.7. The Balaban J connectivity index is 1.85. The molecule has 24 heavy (non-hydrogen) atoms. The summed E-state index contributed by atoms with van der Waals surface area (Å²) in [6.07, 6.45) is 0.262. The molecule has 1 N–H and O–H groups in total. The van der Waals surface area contributed by atoms with Crippen molar-refractivity contribution in [3.05, 3.63) is 65.2 Å². The molecular weight excluding hydrogens is 302 g/mol. The number of esters is 1. The first-order valence-electron chi connectivity index (χ1n) is 8.12. The quantitative estimate of drug-likeness (QED) is 0.825. The van der Waals surface area contributed by atoms with Gasteiger partial charge in [-0.2, -0.15) is 0 Å². The summed E-state index contributed by atoms with van der Waals surface area (Å²) >= 11 is 0. The van der Waals surface area contributed by atoms with Gasteiger partial charge in [0.1, 0.15) is 0 Å². The zero-order valence-electron chi connectivity index (χ0n) is 14.3. The second-order valence-electron chi connectivity index (χ2n) is 5.83. The van der Waals surface area contributed by atoms with Crippen LogP contribution in [0.4, 0.5) is 5.69 Å². The van der Waals surface area contributed by atoms with Gasteiger partial charge in [-0.1, -0.05) is 48.9 Å². The summed E-state index contributed by atoms with van der Waals surface area (Å²) in [5.74, 6) is -0.751. The van der Waals surface area contributed by atoms with Crippen LogP contribution >= 0.6 is 0 Å². The third-order valence-corrected chi connectivity index (χ3v) is 3.78. The van der Waals surface area contributed by atoms with Crippen LogP contribution in [0.3, 0.4) is 0 Å². The third kappa shape index (κ3) is 5.23. The summed E-state index contributed by atoms with van der Waals surface area (Å²) in [4.78, 5) is 24.1. The normalized spacial score (nSPS) is 11.6. The fourth-order valence-corrected chi connectivity index (χ4v) is 2.23. The number of amides is 1. The molecule has 0 radical (unpaired) electrons. The second-order valence-corrected chi connectivity index (χ2v) is 5.83. The second kappa shape index (κ2) is 8.29. The van der Waals surface area contributed by atoms with E-state index in [1.165, 1.54) is 5.56 Å². The standard InChI is InChI=1S/C20H23NO3/c1-4-16-9-11-18(12-10-16)21-20(23)15(3)24-19(22)13-17-7-5-14(2)6-8-17/h5-12,15H,4,13H2,1-3H3,(H,21,23)/t15-/m1/s1. The lowest BCUT2D eigenvalue weighted by Crippen LogP contribution is -2.30. The number of rotatable bonds is 6. The van der Waals surface area contributed by atoms with Crippen LogP contribution in [-0.4, -0.2) is 18.0 Å². The van der Waals surface area contributed by atoms with Gasteiger partial charge in [-0.15, -0.1) is 0 Å². The molecule has 4 heteroatoms. The number of hydrogen-bond donors (Lipinski definition) is 1. The highest BCUT2D eigenvalue weighted by Crippen LogP contribution is 2.11. The summed E-state index contributed by atoms with van der Waals surface area (Å²) in [7, 11) is 0. The number of carbonyl (C=O) groups excluding carboxylic acids is 2. The Bertz CT molecular complexity index is 690. The Morgan fingerprint density at radius 3 is 2.17 bits per heavy atom. The third-order valence-electron chi connectivity index (χ3n) is 3.78. The highest BCUT2D eigenvalue weighted by molar-refractivity contribution is 5.95. The van der Waals surface area contributed by atoms with E-state index in [9.17, 15) is 9.59 Å². The molecular formula is C20H23NO3. The average Bonchev–Trinajstić information content (AvgIpc) is 2.57. The molecule has 2 aromatic rings. The van der Waals surface area contributed by atoms with E-state index in [1.54, 1.807) is 6.92 Å². The van der Waals surface area contributed by atoms with Gasteiger partial charge in [0.25, 0.3) is 5.91 Å². The number of hydrogen-bond acceptors (Lipinski definition) is 3. The fourth-order valence-electron chi connectivity index (χ4n) is 2.23. The highest BCUT2D eigenvalue weighted by atomic mass is 16.5. The van der Waals surface area contributed by atoms with Crippen molar-refractivity contribution < 1.29 is 14.3 Å².